The summed E-state index contributed by atoms with van der Waals surface area (Å²) in [5, 5.41) is 9.01. The van der Waals surface area contributed by atoms with Gasteiger partial charge in [0.25, 0.3) is 5.56 Å². The van der Waals surface area contributed by atoms with E-state index in [1.54, 1.807) is 0 Å². The Balaban J connectivity index is 2.07. The molecule has 0 unspecified atom stereocenters. The molecule has 0 fully saturated rings. The Labute approximate surface area is 144 Å². The molecule has 0 saturated heterocycles. The minimum Gasteiger partial charge on any atom is -0.351 e. The molecule has 0 spiro atoms. The van der Waals surface area contributed by atoms with Gasteiger partial charge in [0, 0.05) is 36.6 Å². The van der Waals surface area contributed by atoms with Gasteiger partial charge in [0.15, 0.2) is 0 Å². The highest BCUT2D eigenvalue weighted by Crippen LogP contribution is 2.28. The molecule has 4 aromatic rings. The van der Waals surface area contributed by atoms with E-state index >= 15 is 0 Å². The lowest BCUT2D eigenvalue weighted by Gasteiger charge is -2.12. The van der Waals surface area contributed by atoms with Crippen LogP contribution in [-0.2, 0) is 13.6 Å². The van der Waals surface area contributed by atoms with E-state index in [2.05, 4.69) is 33.0 Å². The predicted octanol–water partition coefficient (Wildman–Crippen LogP) is 2.54. The predicted molar refractivity (Wildman–Crippen MR) is 101 cm³/mol. The van der Waals surface area contributed by atoms with E-state index in [0.717, 1.165) is 39.8 Å². The summed E-state index contributed by atoms with van der Waals surface area (Å²) >= 11 is 0. The van der Waals surface area contributed by atoms with Crippen LogP contribution in [0.1, 0.15) is 12.1 Å². The van der Waals surface area contributed by atoms with Gasteiger partial charge in [-0.15, -0.1) is 0 Å². The van der Waals surface area contributed by atoms with Crippen LogP contribution in [0, 0.1) is 6.92 Å². The average molecular weight is 335 g/mol. The maximum absolute atomic E-state index is 13.0. The van der Waals surface area contributed by atoms with Crippen molar-refractivity contribution < 1.29 is 0 Å². The van der Waals surface area contributed by atoms with Crippen molar-refractivity contribution in [2.24, 2.45) is 12.8 Å². The van der Waals surface area contributed by atoms with E-state index in [1.165, 1.54) is 0 Å². The van der Waals surface area contributed by atoms with E-state index in [9.17, 15) is 4.79 Å². The van der Waals surface area contributed by atoms with Crippen molar-refractivity contribution in [3.05, 3.63) is 52.6 Å². The largest absolute Gasteiger partial charge is 0.351 e. The number of nitrogens with zero attached hydrogens (tertiary/aromatic N) is 3. The van der Waals surface area contributed by atoms with Crippen LogP contribution < -0.4 is 11.3 Å². The minimum atomic E-state index is -0.00573. The number of fused-ring (bicyclic) bond motifs is 3. The molecule has 0 aliphatic heterocycles. The minimum absolute atomic E-state index is 0.00573. The number of benzene rings is 1. The Morgan fingerprint density at radius 3 is 2.84 bits per heavy atom. The fourth-order valence-corrected chi connectivity index (χ4v) is 3.48. The summed E-state index contributed by atoms with van der Waals surface area (Å²) in [5.41, 5.74) is 10.3. The standard InChI is InChI=1S/C19H21N5O/c1-12-17-18(22-21-12)14-11-13(15-5-3-9-23(15)2)6-7-16(14)24(19(17)25)10-4-8-20/h3,5-7,9,11H,4,8,10,20H2,1-2H3,(H,21,22). The van der Waals surface area contributed by atoms with Gasteiger partial charge in [-0.2, -0.15) is 5.10 Å². The van der Waals surface area contributed by atoms with E-state index < -0.39 is 0 Å². The lowest BCUT2D eigenvalue weighted by Crippen LogP contribution is -2.22. The highest BCUT2D eigenvalue weighted by molar-refractivity contribution is 6.05. The number of aromatic amines is 1. The number of aromatic nitrogens is 4. The fraction of sp³-hybridized carbons (Fsp3) is 0.263. The van der Waals surface area contributed by atoms with Crippen molar-refractivity contribution in [3.63, 3.8) is 0 Å². The zero-order chi connectivity index (χ0) is 17.6. The van der Waals surface area contributed by atoms with Gasteiger partial charge >= 0.3 is 0 Å². The topological polar surface area (TPSA) is 81.6 Å². The third-order valence-electron chi connectivity index (χ3n) is 4.77. The summed E-state index contributed by atoms with van der Waals surface area (Å²) in [6.07, 6.45) is 2.78. The third kappa shape index (κ3) is 2.37. The molecule has 0 atom stereocenters. The summed E-state index contributed by atoms with van der Waals surface area (Å²) in [6, 6.07) is 10.3. The van der Waals surface area contributed by atoms with Crippen molar-refractivity contribution in [2.75, 3.05) is 6.54 Å². The molecule has 25 heavy (non-hydrogen) atoms. The summed E-state index contributed by atoms with van der Waals surface area (Å²) < 4.78 is 3.90. The number of nitrogens with one attached hydrogen (secondary N) is 1. The number of pyridine rings is 1. The van der Waals surface area contributed by atoms with Gasteiger partial charge in [-0.1, -0.05) is 6.07 Å². The number of nitrogens with two attached hydrogens (primary N) is 1. The molecule has 128 valence electrons. The fourth-order valence-electron chi connectivity index (χ4n) is 3.48. The van der Waals surface area contributed by atoms with Gasteiger partial charge in [-0.05, 0) is 49.7 Å². The molecule has 1 aromatic carbocycles. The molecule has 3 aromatic heterocycles. The lowest BCUT2D eigenvalue weighted by atomic mass is 10.1. The number of rotatable bonds is 4. The first-order valence-electron chi connectivity index (χ1n) is 8.45. The molecule has 0 aliphatic rings. The molecule has 3 N–H and O–H groups in total. The molecule has 4 rings (SSSR count). The molecule has 0 saturated carbocycles. The monoisotopic (exact) mass is 335 g/mol. The second-order valence-electron chi connectivity index (χ2n) is 6.41. The first kappa shape index (κ1) is 15.7. The number of hydrogen-bond donors (Lipinski definition) is 2. The normalized spacial score (nSPS) is 11.6. The first-order valence-corrected chi connectivity index (χ1v) is 8.45. The van der Waals surface area contributed by atoms with Crippen molar-refractivity contribution in [3.8, 4) is 11.3 Å². The van der Waals surface area contributed by atoms with Crippen LogP contribution in [0.3, 0.4) is 0 Å². The maximum atomic E-state index is 13.0. The second kappa shape index (κ2) is 5.89. The molecular weight excluding hydrogens is 314 g/mol. The number of aryl methyl sites for hydroxylation is 3. The smallest absolute Gasteiger partial charge is 0.262 e. The lowest BCUT2D eigenvalue weighted by molar-refractivity contribution is 0.654. The van der Waals surface area contributed by atoms with E-state index in [0.29, 0.717) is 18.5 Å². The quantitative estimate of drug-likeness (QED) is 0.601. The molecule has 6 nitrogen and oxygen atoms in total. The van der Waals surface area contributed by atoms with Gasteiger partial charge in [-0.3, -0.25) is 9.89 Å². The number of H-pyrrole nitrogens is 1. The van der Waals surface area contributed by atoms with Crippen LogP contribution in [0.2, 0.25) is 0 Å². The SMILES string of the molecule is Cc1[nH]nc2c1c(=O)n(CCCN)c1ccc(-c3cccn3C)cc21. The second-order valence-corrected chi connectivity index (χ2v) is 6.41. The van der Waals surface area contributed by atoms with Gasteiger partial charge in [-0.25, -0.2) is 0 Å². The Hall–Kier alpha value is -2.86. The van der Waals surface area contributed by atoms with Crippen LogP contribution in [-0.4, -0.2) is 25.9 Å². The van der Waals surface area contributed by atoms with Gasteiger partial charge in [0.2, 0.25) is 0 Å². The molecule has 0 aliphatic carbocycles. The Morgan fingerprint density at radius 1 is 1.28 bits per heavy atom. The van der Waals surface area contributed by atoms with Crippen LogP contribution in [0.15, 0.2) is 41.3 Å². The van der Waals surface area contributed by atoms with Crippen LogP contribution in [0.4, 0.5) is 0 Å². The van der Waals surface area contributed by atoms with Crippen molar-refractivity contribution in [1.29, 1.82) is 0 Å². The molecule has 3 heterocycles. The average Bonchev–Trinajstić information content (AvgIpc) is 3.21. The van der Waals surface area contributed by atoms with Crippen molar-refractivity contribution >= 4 is 21.8 Å². The van der Waals surface area contributed by atoms with Crippen LogP contribution >= 0.6 is 0 Å². The van der Waals surface area contributed by atoms with E-state index in [-0.39, 0.29) is 5.56 Å². The maximum Gasteiger partial charge on any atom is 0.262 e. The summed E-state index contributed by atoms with van der Waals surface area (Å²) in [7, 11) is 2.02. The summed E-state index contributed by atoms with van der Waals surface area (Å²) in [6.45, 7) is 3.05. The van der Waals surface area contributed by atoms with Crippen molar-refractivity contribution in [2.45, 2.75) is 19.9 Å². The summed E-state index contributed by atoms with van der Waals surface area (Å²) in [4.78, 5) is 13.0. The molecular formula is C19H21N5O. The van der Waals surface area contributed by atoms with Gasteiger partial charge < -0.3 is 14.9 Å². The van der Waals surface area contributed by atoms with Gasteiger partial charge in [0.05, 0.1) is 10.9 Å². The Bertz CT molecular complexity index is 1130. The summed E-state index contributed by atoms with van der Waals surface area (Å²) in [5.74, 6) is 0. The van der Waals surface area contributed by atoms with Crippen molar-refractivity contribution in [1.82, 2.24) is 19.3 Å². The van der Waals surface area contributed by atoms with Gasteiger partial charge in [0.1, 0.15) is 5.52 Å². The zero-order valence-electron chi connectivity index (χ0n) is 14.4. The Morgan fingerprint density at radius 2 is 2.12 bits per heavy atom. The third-order valence-corrected chi connectivity index (χ3v) is 4.77. The number of hydrogen-bond acceptors (Lipinski definition) is 3. The molecule has 0 radical (unpaired) electrons. The first-order chi connectivity index (χ1) is 12.1. The van der Waals surface area contributed by atoms with Crippen LogP contribution in [0.5, 0.6) is 0 Å². The van der Waals surface area contributed by atoms with E-state index in [4.69, 9.17) is 5.73 Å². The highest BCUT2D eigenvalue weighted by atomic mass is 16.1. The molecule has 0 amide bonds. The highest BCUT2D eigenvalue weighted by Gasteiger charge is 2.16. The van der Waals surface area contributed by atoms with Crippen LogP contribution in [0.25, 0.3) is 33.1 Å². The van der Waals surface area contributed by atoms with E-state index in [1.807, 2.05) is 36.9 Å². The Kier molecular flexibility index (Phi) is 3.69. The molecule has 6 heteroatoms. The molecule has 0 bridgehead atoms. The zero-order valence-corrected chi connectivity index (χ0v) is 14.4.